The highest BCUT2D eigenvalue weighted by Gasteiger charge is 2.24. The molecule has 0 aromatic heterocycles. The zero-order valence-electron chi connectivity index (χ0n) is 13.4. The standard InChI is InChI=1S/C18H22N2OS.ClH/c1-14-17(22-18(21)19-14)8-5-11-20-12-9-16(10-13-20)15-6-3-2-4-7-15;/h2-4,6-7,9,17H,5,8,10-13H2,1H3;1H. The van der Waals surface area contributed by atoms with Crippen molar-refractivity contribution in [1.82, 2.24) is 4.90 Å². The molecule has 1 aromatic carbocycles. The van der Waals surface area contributed by atoms with Crippen LogP contribution in [0.15, 0.2) is 41.4 Å². The van der Waals surface area contributed by atoms with Crippen molar-refractivity contribution in [3.63, 3.8) is 0 Å². The fourth-order valence-corrected chi connectivity index (χ4v) is 3.99. The lowest BCUT2D eigenvalue weighted by Crippen LogP contribution is -2.30. The normalized spacial score (nSPS) is 21.6. The maximum Gasteiger partial charge on any atom is 0.305 e. The fourth-order valence-electron chi connectivity index (χ4n) is 3.05. The Labute approximate surface area is 148 Å². The van der Waals surface area contributed by atoms with Crippen molar-refractivity contribution in [3.05, 3.63) is 42.0 Å². The number of nitrogens with zero attached hydrogens (tertiary/aromatic N) is 2. The molecule has 1 amide bonds. The average Bonchev–Trinajstić information content (AvgIpc) is 2.87. The number of carbonyl (C=O) groups is 1. The van der Waals surface area contributed by atoms with Gasteiger partial charge >= 0.3 is 5.24 Å². The van der Waals surface area contributed by atoms with Crippen LogP contribution in [0.3, 0.4) is 0 Å². The number of benzene rings is 1. The average molecular weight is 351 g/mol. The molecule has 23 heavy (non-hydrogen) atoms. The Morgan fingerprint density at radius 3 is 2.70 bits per heavy atom. The smallest absolute Gasteiger partial charge is 0.299 e. The van der Waals surface area contributed by atoms with Gasteiger partial charge in [-0.15, -0.1) is 12.4 Å². The van der Waals surface area contributed by atoms with E-state index < -0.39 is 0 Å². The Bertz CT molecular complexity index is 600. The van der Waals surface area contributed by atoms with E-state index in [-0.39, 0.29) is 17.6 Å². The van der Waals surface area contributed by atoms with Crippen LogP contribution < -0.4 is 0 Å². The minimum atomic E-state index is -0.0177. The number of hydrogen-bond donors (Lipinski definition) is 0. The molecule has 1 aromatic rings. The molecule has 0 aliphatic carbocycles. The van der Waals surface area contributed by atoms with Gasteiger partial charge in [-0.05, 0) is 43.9 Å². The van der Waals surface area contributed by atoms with Crippen LogP contribution in [-0.2, 0) is 0 Å². The summed E-state index contributed by atoms with van der Waals surface area (Å²) in [6.45, 7) is 5.24. The van der Waals surface area contributed by atoms with Crippen LogP contribution >= 0.6 is 24.2 Å². The molecule has 2 aliphatic heterocycles. The highest BCUT2D eigenvalue weighted by molar-refractivity contribution is 8.15. The lowest BCUT2D eigenvalue weighted by molar-refractivity contribution is 0.268. The van der Waals surface area contributed by atoms with Gasteiger partial charge in [0.25, 0.3) is 0 Å². The molecule has 0 N–H and O–H groups in total. The molecule has 2 aliphatic rings. The van der Waals surface area contributed by atoms with Crippen LogP contribution in [0.2, 0.25) is 0 Å². The van der Waals surface area contributed by atoms with Crippen LogP contribution in [0.5, 0.6) is 0 Å². The first kappa shape index (κ1) is 18.2. The molecular weight excluding hydrogens is 328 g/mol. The minimum absolute atomic E-state index is 0. The van der Waals surface area contributed by atoms with Crippen molar-refractivity contribution in [2.45, 2.75) is 31.4 Å². The number of aliphatic imine (C=N–C) groups is 1. The van der Waals surface area contributed by atoms with E-state index >= 15 is 0 Å². The quantitative estimate of drug-likeness (QED) is 0.773. The third-order valence-corrected chi connectivity index (χ3v) is 5.51. The third-order valence-electron chi connectivity index (χ3n) is 4.36. The van der Waals surface area contributed by atoms with E-state index in [1.807, 2.05) is 6.92 Å². The number of carbonyl (C=O) groups excluding carboxylic acids is 1. The second kappa shape index (κ2) is 8.67. The van der Waals surface area contributed by atoms with Crippen LogP contribution in [0.25, 0.3) is 5.57 Å². The predicted octanol–water partition coefficient (Wildman–Crippen LogP) is 4.67. The molecule has 2 heterocycles. The van der Waals surface area contributed by atoms with Gasteiger partial charge < -0.3 is 0 Å². The molecule has 1 unspecified atom stereocenters. The summed E-state index contributed by atoms with van der Waals surface area (Å²) in [7, 11) is 0. The predicted molar refractivity (Wildman–Crippen MR) is 102 cm³/mol. The molecule has 0 saturated carbocycles. The lowest BCUT2D eigenvalue weighted by Gasteiger charge is -2.26. The van der Waals surface area contributed by atoms with E-state index in [2.05, 4.69) is 46.3 Å². The Hall–Kier alpha value is -1.10. The summed E-state index contributed by atoms with van der Waals surface area (Å²) in [6, 6.07) is 10.7. The number of amides is 1. The van der Waals surface area contributed by atoms with Gasteiger partial charge in [0.2, 0.25) is 0 Å². The number of rotatable bonds is 5. The van der Waals surface area contributed by atoms with Crippen LogP contribution in [0, 0.1) is 0 Å². The van der Waals surface area contributed by atoms with Gasteiger partial charge in [-0.3, -0.25) is 9.69 Å². The summed E-state index contributed by atoms with van der Waals surface area (Å²) in [4.78, 5) is 17.8. The van der Waals surface area contributed by atoms with Gasteiger partial charge in [0.05, 0.1) is 5.25 Å². The SMILES string of the molecule is CC1=NC(=O)SC1CCCN1CC=C(c2ccccc2)CC1.Cl. The molecule has 124 valence electrons. The van der Waals surface area contributed by atoms with E-state index in [9.17, 15) is 4.79 Å². The molecular formula is C18H23ClN2OS. The zero-order chi connectivity index (χ0) is 15.4. The van der Waals surface area contributed by atoms with E-state index in [0.717, 1.165) is 44.6 Å². The first-order valence-electron chi connectivity index (χ1n) is 7.95. The Balaban J connectivity index is 0.00000192. The summed E-state index contributed by atoms with van der Waals surface area (Å²) in [6.07, 6.45) is 5.67. The summed E-state index contributed by atoms with van der Waals surface area (Å²) < 4.78 is 0. The van der Waals surface area contributed by atoms with E-state index in [0.29, 0.717) is 5.25 Å². The maximum absolute atomic E-state index is 11.3. The first-order chi connectivity index (χ1) is 10.7. The van der Waals surface area contributed by atoms with Crippen molar-refractivity contribution < 1.29 is 4.79 Å². The maximum atomic E-state index is 11.3. The molecule has 3 nitrogen and oxygen atoms in total. The highest BCUT2D eigenvalue weighted by Crippen LogP contribution is 2.27. The largest absolute Gasteiger partial charge is 0.305 e. The minimum Gasteiger partial charge on any atom is -0.299 e. The molecule has 5 heteroatoms. The molecule has 0 fully saturated rings. The summed E-state index contributed by atoms with van der Waals surface area (Å²) in [5.74, 6) is 0. The second-order valence-corrected chi connectivity index (χ2v) is 7.07. The summed E-state index contributed by atoms with van der Waals surface area (Å²) >= 11 is 1.38. The number of halogens is 1. The zero-order valence-corrected chi connectivity index (χ0v) is 15.0. The number of hydrogen-bond acceptors (Lipinski definition) is 3. The molecule has 0 spiro atoms. The topological polar surface area (TPSA) is 32.7 Å². The monoisotopic (exact) mass is 350 g/mol. The van der Waals surface area contributed by atoms with Gasteiger partial charge in [0.15, 0.2) is 0 Å². The molecule has 0 saturated heterocycles. The molecule has 3 rings (SSSR count). The van der Waals surface area contributed by atoms with Crippen LogP contribution in [-0.4, -0.2) is 40.7 Å². The second-order valence-electron chi connectivity index (χ2n) is 5.91. The molecule has 0 radical (unpaired) electrons. The Morgan fingerprint density at radius 2 is 2.09 bits per heavy atom. The molecule has 0 bridgehead atoms. The van der Waals surface area contributed by atoms with Crippen molar-refractivity contribution in [3.8, 4) is 0 Å². The van der Waals surface area contributed by atoms with E-state index in [1.54, 1.807) is 0 Å². The Morgan fingerprint density at radius 1 is 1.30 bits per heavy atom. The summed E-state index contributed by atoms with van der Waals surface area (Å²) in [5, 5.41) is 0.295. The van der Waals surface area contributed by atoms with Gasteiger partial charge in [-0.25, -0.2) is 4.99 Å². The van der Waals surface area contributed by atoms with E-state index in [1.165, 1.54) is 22.9 Å². The fraction of sp³-hybridized carbons (Fsp3) is 0.444. The third kappa shape index (κ3) is 4.93. The van der Waals surface area contributed by atoms with Crippen molar-refractivity contribution in [2.24, 2.45) is 4.99 Å². The van der Waals surface area contributed by atoms with Gasteiger partial charge in [0.1, 0.15) is 0 Å². The van der Waals surface area contributed by atoms with Gasteiger partial charge in [0, 0.05) is 18.8 Å². The Kier molecular flexibility index (Phi) is 6.88. The van der Waals surface area contributed by atoms with E-state index in [4.69, 9.17) is 0 Å². The lowest BCUT2D eigenvalue weighted by atomic mass is 9.99. The van der Waals surface area contributed by atoms with Crippen molar-refractivity contribution in [2.75, 3.05) is 19.6 Å². The molecule has 1 atom stereocenters. The van der Waals surface area contributed by atoms with Crippen molar-refractivity contribution in [1.29, 1.82) is 0 Å². The first-order valence-corrected chi connectivity index (χ1v) is 8.83. The van der Waals surface area contributed by atoms with Gasteiger partial charge in [-0.2, -0.15) is 0 Å². The van der Waals surface area contributed by atoms with Crippen LogP contribution in [0.4, 0.5) is 4.79 Å². The van der Waals surface area contributed by atoms with Gasteiger partial charge in [-0.1, -0.05) is 48.2 Å². The number of thioether (sulfide) groups is 1. The van der Waals surface area contributed by atoms with Crippen molar-refractivity contribution >= 4 is 40.7 Å². The van der Waals surface area contributed by atoms with Crippen LogP contribution in [0.1, 0.15) is 31.7 Å². The summed E-state index contributed by atoms with van der Waals surface area (Å²) in [5.41, 5.74) is 3.83. The highest BCUT2D eigenvalue weighted by atomic mass is 35.5.